The van der Waals surface area contributed by atoms with Gasteiger partial charge in [-0.05, 0) is 37.3 Å². The molecule has 1 aliphatic heterocycles. The van der Waals surface area contributed by atoms with Crippen LogP contribution in [0.2, 0.25) is 0 Å². The third-order valence-corrected chi connectivity index (χ3v) is 3.76. The van der Waals surface area contributed by atoms with Crippen LogP contribution < -0.4 is 0 Å². The Hall–Kier alpha value is -1.84. The number of aryl methyl sites for hydroxylation is 2. The van der Waals surface area contributed by atoms with Crippen LogP contribution in [0.3, 0.4) is 0 Å². The Kier molecular flexibility index (Phi) is 3.60. The minimum absolute atomic E-state index is 0.143. The van der Waals surface area contributed by atoms with Crippen LogP contribution in [-0.2, 0) is 0 Å². The van der Waals surface area contributed by atoms with Gasteiger partial charge < -0.3 is 10.0 Å². The summed E-state index contributed by atoms with van der Waals surface area (Å²) in [6, 6.07) is 3.57. The Morgan fingerprint density at radius 3 is 2.26 bits per heavy atom. The molecule has 1 amide bonds. The lowest BCUT2D eigenvalue weighted by atomic mass is 9.96. The van der Waals surface area contributed by atoms with Crippen LogP contribution in [0.4, 0.5) is 0 Å². The Morgan fingerprint density at radius 1 is 1.21 bits per heavy atom. The van der Waals surface area contributed by atoms with Gasteiger partial charge in [0.1, 0.15) is 0 Å². The third kappa shape index (κ3) is 2.48. The molecule has 19 heavy (non-hydrogen) atoms. The van der Waals surface area contributed by atoms with Crippen molar-refractivity contribution in [3.8, 4) is 0 Å². The molecule has 0 bridgehead atoms. The van der Waals surface area contributed by atoms with Gasteiger partial charge in [-0.3, -0.25) is 4.79 Å². The Labute approximate surface area is 113 Å². The number of carboxylic acid groups (broad SMARTS) is 1. The van der Waals surface area contributed by atoms with E-state index in [-0.39, 0.29) is 11.5 Å². The van der Waals surface area contributed by atoms with Crippen LogP contribution in [0.25, 0.3) is 0 Å². The number of benzene rings is 1. The van der Waals surface area contributed by atoms with Crippen LogP contribution in [0.5, 0.6) is 0 Å². The van der Waals surface area contributed by atoms with Gasteiger partial charge in [0.15, 0.2) is 0 Å². The molecular formula is C15H19NO3. The van der Waals surface area contributed by atoms with E-state index >= 15 is 0 Å². The third-order valence-electron chi connectivity index (χ3n) is 3.76. The summed E-state index contributed by atoms with van der Waals surface area (Å²) in [5.41, 5.74) is 1.85. The average Bonchev–Trinajstić information content (AvgIpc) is 2.77. The summed E-state index contributed by atoms with van der Waals surface area (Å²) in [6.07, 6.45) is 0.985. The number of carbonyl (C=O) groups is 2. The number of amides is 1. The highest BCUT2D eigenvalue weighted by Crippen LogP contribution is 2.24. The van der Waals surface area contributed by atoms with Crippen molar-refractivity contribution in [2.75, 3.05) is 13.1 Å². The lowest BCUT2D eigenvalue weighted by Crippen LogP contribution is -2.31. The number of aromatic carboxylic acids is 1. The number of hydrogen-bond acceptors (Lipinski definition) is 2. The van der Waals surface area contributed by atoms with Crippen LogP contribution in [0.1, 0.15) is 45.2 Å². The van der Waals surface area contributed by atoms with E-state index in [2.05, 4.69) is 6.92 Å². The first-order valence-electron chi connectivity index (χ1n) is 6.54. The Balaban J connectivity index is 2.46. The fourth-order valence-electron chi connectivity index (χ4n) is 2.64. The van der Waals surface area contributed by atoms with Gasteiger partial charge in [0, 0.05) is 13.1 Å². The summed E-state index contributed by atoms with van der Waals surface area (Å²) >= 11 is 0. The number of nitrogens with zero attached hydrogens (tertiary/aromatic N) is 1. The molecule has 1 aromatic carbocycles. The molecule has 0 radical (unpaired) electrons. The summed E-state index contributed by atoms with van der Waals surface area (Å²) in [6.45, 7) is 7.05. The predicted molar refractivity (Wildman–Crippen MR) is 72.6 cm³/mol. The highest BCUT2D eigenvalue weighted by Gasteiger charge is 2.29. The fraction of sp³-hybridized carbons (Fsp3) is 0.467. The number of likely N-dealkylation sites (tertiary alicyclic amines) is 1. The van der Waals surface area contributed by atoms with Gasteiger partial charge in [-0.1, -0.05) is 19.1 Å². The lowest BCUT2D eigenvalue weighted by Gasteiger charge is -2.19. The zero-order valence-corrected chi connectivity index (χ0v) is 11.6. The van der Waals surface area contributed by atoms with Gasteiger partial charge in [-0.15, -0.1) is 0 Å². The Bertz CT molecular complexity index is 536. The second-order valence-electron chi connectivity index (χ2n) is 5.40. The first-order valence-corrected chi connectivity index (χ1v) is 6.54. The maximum atomic E-state index is 12.6. The van der Waals surface area contributed by atoms with E-state index < -0.39 is 5.97 Å². The molecule has 102 valence electrons. The molecule has 4 nitrogen and oxygen atoms in total. The standard InChI is InChI=1S/C15H19NO3/c1-9-6-7-16(8-9)14(17)12-10(2)4-5-11(3)13(12)15(18)19/h4-5,9H,6-8H2,1-3H3,(H,18,19). The summed E-state index contributed by atoms with van der Waals surface area (Å²) in [4.78, 5) is 25.7. The van der Waals surface area contributed by atoms with Crippen LogP contribution in [-0.4, -0.2) is 35.0 Å². The van der Waals surface area contributed by atoms with E-state index in [1.807, 2.05) is 6.07 Å². The first kappa shape index (κ1) is 13.6. The second kappa shape index (κ2) is 5.03. The maximum Gasteiger partial charge on any atom is 0.336 e. The van der Waals surface area contributed by atoms with Crippen LogP contribution in [0.15, 0.2) is 12.1 Å². The molecule has 1 atom stereocenters. The van der Waals surface area contributed by atoms with Crippen molar-refractivity contribution >= 4 is 11.9 Å². The molecule has 1 saturated heterocycles. The van der Waals surface area contributed by atoms with Gasteiger partial charge in [0.05, 0.1) is 11.1 Å². The van der Waals surface area contributed by atoms with E-state index in [4.69, 9.17) is 0 Å². The molecule has 1 aliphatic rings. The molecule has 4 heteroatoms. The summed E-state index contributed by atoms with van der Waals surface area (Å²) in [5, 5.41) is 9.34. The minimum atomic E-state index is -1.03. The molecule has 1 N–H and O–H groups in total. The summed E-state index contributed by atoms with van der Waals surface area (Å²) in [5.74, 6) is -0.693. The molecule has 2 rings (SSSR count). The van der Waals surface area contributed by atoms with Gasteiger partial charge in [0.2, 0.25) is 0 Å². The molecule has 0 aliphatic carbocycles. The highest BCUT2D eigenvalue weighted by molar-refractivity contribution is 6.06. The topological polar surface area (TPSA) is 57.6 Å². The second-order valence-corrected chi connectivity index (χ2v) is 5.40. The molecule has 1 aromatic rings. The van der Waals surface area contributed by atoms with Gasteiger partial charge >= 0.3 is 5.97 Å². The Morgan fingerprint density at radius 2 is 1.79 bits per heavy atom. The largest absolute Gasteiger partial charge is 0.478 e. The summed E-state index contributed by atoms with van der Waals surface area (Å²) in [7, 11) is 0. The number of carboxylic acids is 1. The first-order chi connectivity index (χ1) is 8.91. The molecule has 1 unspecified atom stereocenters. The van der Waals surface area contributed by atoms with E-state index in [1.165, 1.54) is 0 Å². The number of carbonyl (C=O) groups excluding carboxylic acids is 1. The average molecular weight is 261 g/mol. The highest BCUT2D eigenvalue weighted by atomic mass is 16.4. The smallest absolute Gasteiger partial charge is 0.336 e. The molecule has 0 spiro atoms. The van der Waals surface area contributed by atoms with Crippen LogP contribution >= 0.6 is 0 Å². The number of rotatable bonds is 2. The fourth-order valence-corrected chi connectivity index (χ4v) is 2.64. The van der Waals surface area contributed by atoms with Crippen molar-refractivity contribution < 1.29 is 14.7 Å². The zero-order chi connectivity index (χ0) is 14.2. The van der Waals surface area contributed by atoms with Crippen molar-refractivity contribution in [1.29, 1.82) is 0 Å². The van der Waals surface area contributed by atoms with E-state index in [9.17, 15) is 14.7 Å². The van der Waals surface area contributed by atoms with E-state index in [0.717, 1.165) is 12.0 Å². The quantitative estimate of drug-likeness (QED) is 0.889. The summed E-state index contributed by atoms with van der Waals surface area (Å²) < 4.78 is 0. The monoisotopic (exact) mass is 261 g/mol. The van der Waals surface area contributed by atoms with Crippen molar-refractivity contribution in [3.05, 3.63) is 34.4 Å². The molecule has 1 fully saturated rings. The molecule has 0 aromatic heterocycles. The maximum absolute atomic E-state index is 12.6. The van der Waals surface area contributed by atoms with Crippen molar-refractivity contribution in [2.24, 2.45) is 5.92 Å². The molecule has 0 saturated carbocycles. The lowest BCUT2D eigenvalue weighted by molar-refractivity contribution is 0.0679. The van der Waals surface area contributed by atoms with E-state index in [0.29, 0.717) is 30.1 Å². The van der Waals surface area contributed by atoms with Crippen molar-refractivity contribution in [3.63, 3.8) is 0 Å². The van der Waals surface area contributed by atoms with Gasteiger partial charge in [-0.2, -0.15) is 0 Å². The molecular weight excluding hydrogens is 242 g/mol. The number of hydrogen-bond donors (Lipinski definition) is 1. The minimum Gasteiger partial charge on any atom is -0.478 e. The van der Waals surface area contributed by atoms with E-state index in [1.54, 1.807) is 24.8 Å². The zero-order valence-electron chi connectivity index (χ0n) is 11.6. The molecule has 1 heterocycles. The van der Waals surface area contributed by atoms with Crippen LogP contribution in [0, 0.1) is 19.8 Å². The SMILES string of the molecule is Cc1ccc(C)c(C(=O)N2CCC(C)C2)c1C(=O)O. The van der Waals surface area contributed by atoms with Crippen molar-refractivity contribution in [2.45, 2.75) is 27.2 Å². The van der Waals surface area contributed by atoms with Gasteiger partial charge in [-0.25, -0.2) is 4.79 Å². The normalized spacial score (nSPS) is 18.7. The predicted octanol–water partition coefficient (Wildman–Crippen LogP) is 2.48. The van der Waals surface area contributed by atoms with Gasteiger partial charge in [0.25, 0.3) is 5.91 Å². The van der Waals surface area contributed by atoms with Crippen molar-refractivity contribution in [1.82, 2.24) is 4.90 Å².